The van der Waals surface area contributed by atoms with Gasteiger partial charge in [-0.3, -0.25) is 4.98 Å². The lowest BCUT2D eigenvalue weighted by molar-refractivity contribution is 1.27. The number of thiocarbonyl (C=S) groups is 1. The van der Waals surface area contributed by atoms with E-state index in [-0.39, 0.29) is 0 Å². The zero-order valence-corrected chi connectivity index (χ0v) is 9.73. The van der Waals surface area contributed by atoms with E-state index in [0.29, 0.717) is 10.7 Å². The molecular weight excluding hydrogens is 226 g/mol. The molecule has 76 valence electrons. The van der Waals surface area contributed by atoms with Crippen LogP contribution in [-0.2, 0) is 0 Å². The Bertz CT molecular complexity index is 491. The Hall–Kier alpha value is -1.33. The second-order valence-electron chi connectivity index (χ2n) is 3.00. The molecule has 0 atom stereocenters. The number of nitrogens with two attached hydrogens (primary N) is 1. The van der Waals surface area contributed by atoms with Gasteiger partial charge in [0.05, 0.1) is 5.69 Å². The van der Waals surface area contributed by atoms with Crippen molar-refractivity contribution in [2.75, 3.05) is 0 Å². The molecular formula is C10H9N3S2. The van der Waals surface area contributed by atoms with Crippen LogP contribution >= 0.6 is 23.6 Å². The zero-order chi connectivity index (χ0) is 10.8. The van der Waals surface area contributed by atoms with Crippen LogP contribution in [0.15, 0.2) is 24.4 Å². The lowest BCUT2D eigenvalue weighted by Crippen LogP contribution is -2.10. The van der Waals surface area contributed by atoms with E-state index in [9.17, 15) is 0 Å². The Morgan fingerprint density at radius 1 is 1.47 bits per heavy atom. The molecule has 0 aliphatic rings. The first-order valence-corrected chi connectivity index (χ1v) is 5.59. The van der Waals surface area contributed by atoms with Crippen LogP contribution in [0.4, 0.5) is 0 Å². The zero-order valence-electron chi connectivity index (χ0n) is 8.10. The topological polar surface area (TPSA) is 51.8 Å². The van der Waals surface area contributed by atoms with Gasteiger partial charge >= 0.3 is 0 Å². The maximum absolute atomic E-state index is 5.56. The average molecular weight is 235 g/mol. The van der Waals surface area contributed by atoms with Gasteiger partial charge in [-0.1, -0.05) is 18.3 Å². The normalized spacial score (nSPS) is 10.2. The van der Waals surface area contributed by atoms with Crippen LogP contribution in [0.1, 0.15) is 10.6 Å². The average Bonchev–Trinajstić information content (AvgIpc) is 2.62. The highest BCUT2D eigenvalue weighted by atomic mass is 32.1. The number of hydrogen-bond acceptors (Lipinski definition) is 4. The number of nitrogens with zero attached hydrogens (tertiary/aromatic N) is 2. The van der Waals surface area contributed by atoms with Crippen LogP contribution in [0.2, 0.25) is 0 Å². The molecule has 0 radical (unpaired) electrons. The van der Waals surface area contributed by atoms with Crippen molar-refractivity contribution >= 4 is 28.5 Å². The van der Waals surface area contributed by atoms with Crippen molar-refractivity contribution in [1.29, 1.82) is 0 Å². The van der Waals surface area contributed by atoms with Crippen LogP contribution in [0.25, 0.3) is 10.7 Å². The summed E-state index contributed by atoms with van der Waals surface area (Å²) in [5.74, 6) is 0. The summed E-state index contributed by atoms with van der Waals surface area (Å²) in [6.07, 6.45) is 1.74. The standard InChI is InChI=1S/C10H9N3S2/c1-6-8(9(11)14)13-10(15-6)7-4-2-3-5-12-7/h2-5H,1H3,(H2,11,14). The van der Waals surface area contributed by atoms with E-state index < -0.39 is 0 Å². The fourth-order valence-electron chi connectivity index (χ4n) is 1.22. The van der Waals surface area contributed by atoms with Crippen LogP contribution in [0, 0.1) is 6.92 Å². The molecule has 2 N–H and O–H groups in total. The number of hydrogen-bond donors (Lipinski definition) is 1. The maximum atomic E-state index is 5.56. The summed E-state index contributed by atoms with van der Waals surface area (Å²) in [5.41, 5.74) is 7.12. The molecule has 0 amide bonds. The third kappa shape index (κ3) is 2.03. The first-order valence-electron chi connectivity index (χ1n) is 4.37. The van der Waals surface area contributed by atoms with Crippen LogP contribution < -0.4 is 5.73 Å². The molecule has 0 unspecified atom stereocenters. The van der Waals surface area contributed by atoms with E-state index in [4.69, 9.17) is 18.0 Å². The lowest BCUT2D eigenvalue weighted by atomic mass is 10.3. The fraction of sp³-hybridized carbons (Fsp3) is 0.100. The largest absolute Gasteiger partial charge is 0.388 e. The van der Waals surface area contributed by atoms with Gasteiger partial charge in [-0.25, -0.2) is 4.98 Å². The predicted octanol–water partition coefficient (Wildman–Crippen LogP) is 2.15. The molecule has 0 saturated heterocycles. The summed E-state index contributed by atoms with van der Waals surface area (Å²) >= 11 is 6.47. The van der Waals surface area contributed by atoms with Crippen LogP contribution in [0.3, 0.4) is 0 Å². The highest BCUT2D eigenvalue weighted by Gasteiger charge is 2.11. The molecule has 0 bridgehead atoms. The predicted molar refractivity (Wildman–Crippen MR) is 66.0 cm³/mol. The number of aromatic nitrogens is 2. The molecule has 5 heteroatoms. The van der Waals surface area contributed by atoms with Gasteiger partial charge in [0.15, 0.2) is 0 Å². The second-order valence-corrected chi connectivity index (χ2v) is 4.65. The minimum Gasteiger partial charge on any atom is -0.388 e. The van der Waals surface area contributed by atoms with Crippen molar-refractivity contribution in [2.45, 2.75) is 6.92 Å². The van der Waals surface area contributed by atoms with Gasteiger partial charge in [0, 0.05) is 11.1 Å². The Morgan fingerprint density at radius 2 is 2.27 bits per heavy atom. The minimum absolute atomic E-state index is 0.339. The van der Waals surface area contributed by atoms with Gasteiger partial charge in [-0.2, -0.15) is 0 Å². The summed E-state index contributed by atoms with van der Waals surface area (Å²) in [4.78, 5) is 9.97. The molecule has 2 heterocycles. The molecule has 0 saturated carbocycles. The molecule has 0 aliphatic carbocycles. The van der Waals surface area contributed by atoms with Crippen molar-refractivity contribution in [3.05, 3.63) is 35.0 Å². The number of pyridine rings is 1. The number of rotatable bonds is 2. The Kier molecular flexibility index (Phi) is 2.75. The molecule has 2 aromatic heterocycles. The van der Waals surface area contributed by atoms with Gasteiger partial charge in [0.2, 0.25) is 0 Å². The third-order valence-electron chi connectivity index (χ3n) is 1.91. The smallest absolute Gasteiger partial charge is 0.142 e. The summed E-state index contributed by atoms with van der Waals surface area (Å²) in [7, 11) is 0. The quantitative estimate of drug-likeness (QED) is 0.810. The van der Waals surface area contributed by atoms with E-state index in [0.717, 1.165) is 15.6 Å². The van der Waals surface area contributed by atoms with Crippen molar-refractivity contribution in [2.24, 2.45) is 5.73 Å². The Balaban J connectivity index is 2.48. The van der Waals surface area contributed by atoms with Crippen molar-refractivity contribution in [3.8, 4) is 10.7 Å². The summed E-state index contributed by atoms with van der Waals surface area (Å²) in [6, 6.07) is 5.72. The van der Waals surface area contributed by atoms with Crippen LogP contribution in [0.5, 0.6) is 0 Å². The number of thiazole rings is 1. The number of aryl methyl sites for hydroxylation is 1. The molecule has 0 fully saturated rings. The van der Waals surface area contributed by atoms with Gasteiger partial charge in [0.25, 0.3) is 0 Å². The highest BCUT2D eigenvalue weighted by Crippen LogP contribution is 2.25. The second kappa shape index (κ2) is 4.04. The van der Waals surface area contributed by atoms with E-state index >= 15 is 0 Å². The lowest BCUT2D eigenvalue weighted by Gasteiger charge is -1.92. The van der Waals surface area contributed by atoms with Gasteiger partial charge in [0.1, 0.15) is 15.7 Å². The summed E-state index contributed by atoms with van der Waals surface area (Å²) in [5, 5.41) is 0.857. The Labute approximate surface area is 97.0 Å². The molecule has 0 spiro atoms. The first kappa shape index (κ1) is 10.2. The van der Waals surface area contributed by atoms with Gasteiger partial charge in [-0.15, -0.1) is 11.3 Å². The Morgan fingerprint density at radius 3 is 2.80 bits per heavy atom. The molecule has 2 aromatic rings. The first-order chi connectivity index (χ1) is 7.18. The van der Waals surface area contributed by atoms with E-state index in [1.165, 1.54) is 0 Å². The van der Waals surface area contributed by atoms with Gasteiger partial charge in [-0.05, 0) is 19.1 Å². The minimum atomic E-state index is 0.339. The van der Waals surface area contributed by atoms with Gasteiger partial charge < -0.3 is 5.73 Å². The van der Waals surface area contributed by atoms with Crippen molar-refractivity contribution in [3.63, 3.8) is 0 Å². The van der Waals surface area contributed by atoms with E-state index in [2.05, 4.69) is 9.97 Å². The van der Waals surface area contributed by atoms with Crippen molar-refractivity contribution in [1.82, 2.24) is 9.97 Å². The highest BCUT2D eigenvalue weighted by molar-refractivity contribution is 7.80. The summed E-state index contributed by atoms with van der Waals surface area (Å²) in [6.45, 7) is 1.96. The van der Waals surface area contributed by atoms with E-state index in [1.807, 2.05) is 25.1 Å². The molecule has 3 nitrogen and oxygen atoms in total. The van der Waals surface area contributed by atoms with Crippen molar-refractivity contribution < 1.29 is 0 Å². The molecule has 2 rings (SSSR count). The SMILES string of the molecule is Cc1sc(-c2ccccn2)nc1C(N)=S. The molecule has 0 aliphatic heterocycles. The van der Waals surface area contributed by atoms with Crippen LogP contribution in [-0.4, -0.2) is 15.0 Å². The summed E-state index contributed by atoms with van der Waals surface area (Å²) < 4.78 is 0. The molecule has 0 aromatic carbocycles. The monoisotopic (exact) mass is 235 g/mol. The van der Waals surface area contributed by atoms with E-state index in [1.54, 1.807) is 17.5 Å². The third-order valence-corrected chi connectivity index (χ3v) is 3.10. The molecule has 15 heavy (non-hydrogen) atoms. The fourth-order valence-corrected chi connectivity index (χ4v) is 2.39. The maximum Gasteiger partial charge on any atom is 0.142 e.